The molecule has 0 saturated heterocycles. The Kier molecular flexibility index (Phi) is 5.61. The first-order valence-corrected chi connectivity index (χ1v) is 8.86. The molecular formula is C15H22N2O5S. The van der Waals surface area contributed by atoms with Gasteiger partial charge in [-0.05, 0) is 31.0 Å². The molecule has 0 aromatic heterocycles. The SMILES string of the molecule is COc1ccc(C(=O)NC2CCCC2)cc1S(=O)(=O)N(C)OC. The third-order valence-electron chi connectivity index (χ3n) is 3.99. The second-order valence-corrected chi connectivity index (χ2v) is 7.32. The molecule has 0 aliphatic heterocycles. The maximum atomic E-state index is 12.5. The molecule has 1 aromatic carbocycles. The van der Waals surface area contributed by atoms with Crippen LogP contribution in [0.2, 0.25) is 0 Å². The molecule has 23 heavy (non-hydrogen) atoms. The quantitative estimate of drug-likeness (QED) is 0.793. The molecule has 1 aliphatic rings. The zero-order valence-electron chi connectivity index (χ0n) is 13.5. The van der Waals surface area contributed by atoms with Crippen LogP contribution >= 0.6 is 0 Å². The highest BCUT2D eigenvalue weighted by atomic mass is 32.2. The number of benzene rings is 1. The first kappa shape index (κ1) is 17.7. The smallest absolute Gasteiger partial charge is 0.268 e. The van der Waals surface area contributed by atoms with Gasteiger partial charge in [0.1, 0.15) is 10.6 Å². The number of amides is 1. The normalized spacial score (nSPS) is 15.8. The third kappa shape index (κ3) is 3.82. The van der Waals surface area contributed by atoms with Crippen LogP contribution in [0, 0.1) is 0 Å². The van der Waals surface area contributed by atoms with Gasteiger partial charge in [0, 0.05) is 18.7 Å². The van der Waals surface area contributed by atoms with Crippen molar-refractivity contribution in [2.24, 2.45) is 0 Å². The topological polar surface area (TPSA) is 84.9 Å². The minimum Gasteiger partial charge on any atom is -0.495 e. The second kappa shape index (κ2) is 7.29. The highest BCUT2D eigenvalue weighted by Crippen LogP contribution is 2.27. The van der Waals surface area contributed by atoms with Crippen molar-refractivity contribution in [2.45, 2.75) is 36.6 Å². The number of nitrogens with zero attached hydrogens (tertiary/aromatic N) is 1. The maximum absolute atomic E-state index is 12.5. The fourth-order valence-electron chi connectivity index (χ4n) is 2.60. The lowest BCUT2D eigenvalue weighted by Gasteiger charge is -2.17. The summed E-state index contributed by atoms with van der Waals surface area (Å²) in [6.45, 7) is 0. The van der Waals surface area contributed by atoms with Gasteiger partial charge in [0.15, 0.2) is 0 Å². The summed E-state index contributed by atoms with van der Waals surface area (Å²) < 4.78 is 30.7. The number of hydrogen-bond donors (Lipinski definition) is 1. The number of hydrogen-bond acceptors (Lipinski definition) is 5. The maximum Gasteiger partial charge on any atom is 0.268 e. The van der Waals surface area contributed by atoms with Crippen molar-refractivity contribution >= 4 is 15.9 Å². The molecule has 0 spiro atoms. The van der Waals surface area contributed by atoms with Crippen LogP contribution in [0.15, 0.2) is 23.1 Å². The van der Waals surface area contributed by atoms with E-state index >= 15 is 0 Å². The van der Waals surface area contributed by atoms with E-state index in [2.05, 4.69) is 5.32 Å². The molecular weight excluding hydrogens is 320 g/mol. The van der Waals surface area contributed by atoms with Gasteiger partial charge >= 0.3 is 0 Å². The standard InChI is InChI=1S/C15H22N2O5S/c1-17(22-3)23(19,20)14-10-11(8-9-13(14)21-2)15(18)16-12-6-4-5-7-12/h8-10,12H,4-7H2,1-3H3,(H,16,18). The van der Waals surface area contributed by atoms with Gasteiger partial charge in [0.25, 0.3) is 15.9 Å². The predicted molar refractivity (Wildman–Crippen MR) is 84.7 cm³/mol. The molecule has 1 amide bonds. The first-order valence-electron chi connectivity index (χ1n) is 7.42. The van der Waals surface area contributed by atoms with Gasteiger partial charge in [-0.2, -0.15) is 0 Å². The molecule has 1 aromatic rings. The van der Waals surface area contributed by atoms with E-state index in [1.54, 1.807) is 6.07 Å². The van der Waals surface area contributed by atoms with Crippen LogP contribution in [0.3, 0.4) is 0 Å². The van der Waals surface area contributed by atoms with Crippen LogP contribution in [0.4, 0.5) is 0 Å². The third-order valence-corrected chi connectivity index (χ3v) is 5.69. The van der Waals surface area contributed by atoms with Crippen LogP contribution < -0.4 is 10.1 Å². The second-order valence-electron chi connectivity index (χ2n) is 5.42. The molecule has 7 nitrogen and oxygen atoms in total. The summed E-state index contributed by atoms with van der Waals surface area (Å²) in [5.41, 5.74) is 0.278. The summed E-state index contributed by atoms with van der Waals surface area (Å²) >= 11 is 0. The molecule has 1 fully saturated rings. The van der Waals surface area contributed by atoms with Crippen molar-refractivity contribution in [3.05, 3.63) is 23.8 Å². The number of ether oxygens (including phenoxy) is 1. The molecule has 8 heteroatoms. The van der Waals surface area contributed by atoms with E-state index in [-0.39, 0.29) is 28.2 Å². The highest BCUT2D eigenvalue weighted by molar-refractivity contribution is 7.89. The number of hydroxylamine groups is 1. The van der Waals surface area contributed by atoms with Crippen molar-refractivity contribution in [3.8, 4) is 5.75 Å². The minimum atomic E-state index is -3.91. The van der Waals surface area contributed by atoms with Crippen molar-refractivity contribution < 1.29 is 22.8 Å². The number of sulfonamides is 1. The zero-order valence-corrected chi connectivity index (χ0v) is 14.4. The average Bonchev–Trinajstić information content (AvgIpc) is 3.06. The van der Waals surface area contributed by atoms with E-state index in [1.165, 1.54) is 33.4 Å². The monoisotopic (exact) mass is 342 g/mol. The largest absolute Gasteiger partial charge is 0.495 e. The molecule has 1 aliphatic carbocycles. The zero-order chi connectivity index (χ0) is 17.0. The summed E-state index contributed by atoms with van der Waals surface area (Å²) in [5, 5.41) is 2.94. The lowest BCUT2D eigenvalue weighted by Crippen LogP contribution is -2.33. The van der Waals surface area contributed by atoms with E-state index in [4.69, 9.17) is 9.57 Å². The van der Waals surface area contributed by atoms with E-state index in [9.17, 15) is 13.2 Å². The molecule has 0 radical (unpaired) electrons. The van der Waals surface area contributed by atoms with Gasteiger partial charge in [-0.25, -0.2) is 8.42 Å². The Morgan fingerprint density at radius 1 is 1.26 bits per heavy atom. The van der Waals surface area contributed by atoms with Crippen LogP contribution in [-0.4, -0.2) is 46.1 Å². The Morgan fingerprint density at radius 3 is 2.48 bits per heavy atom. The fraction of sp³-hybridized carbons (Fsp3) is 0.533. The van der Waals surface area contributed by atoms with Gasteiger partial charge in [-0.3, -0.25) is 9.63 Å². The fourth-order valence-corrected chi connectivity index (χ4v) is 3.75. The Morgan fingerprint density at radius 2 is 1.91 bits per heavy atom. The Hall–Kier alpha value is -1.64. The van der Waals surface area contributed by atoms with Gasteiger partial charge < -0.3 is 10.1 Å². The van der Waals surface area contributed by atoms with Gasteiger partial charge in [0.2, 0.25) is 0 Å². The van der Waals surface area contributed by atoms with E-state index in [1.807, 2.05) is 0 Å². The lowest BCUT2D eigenvalue weighted by molar-refractivity contribution is -0.0259. The summed E-state index contributed by atoms with van der Waals surface area (Å²) in [6.07, 6.45) is 4.12. The van der Waals surface area contributed by atoms with E-state index in [0.717, 1.165) is 30.2 Å². The Labute approximate surface area is 136 Å². The van der Waals surface area contributed by atoms with Crippen molar-refractivity contribution in [3.63, 3.8) is 0 Å². The van der Waals surface area contributed by atoms with Crippen molar-refractivity contribution in [2.75, 3.05) is 21.3 Å². The molecule has 1 N–H and O–H groups in total. The molecule has 1 saturated carbocycles. The molecule has 0 atom stereocenters. The molecule has 0 bridgehead atoms. The number of carbonyl (C=O) groups is 1. The summed E-state index contributed by atoms with van der Waals surface area (Å²) in [5.74, 6) is -0.123. The van der Waals surface area contributed by atoms with E-state index < -0.39 is 10.0 Å². The van der Waals surface area contributed by atoms with Gasteiger partial charge in [0.05, 0.1) is 14.2 Å². The summed E-state index contributed by atoms with van der Waals surface area (Å²) in [7, 11) is -0.00603. The lowest BCUT2D eigenvalue weighted by atomic mass is 10.1. The highest BCUT2D eigenvalue weighted by Gasteiger charge is 2.27. The van der Waals surface area contributed by atoms with Crippen LogP contribution in [0.1, 0.15) is 36.0 Å². The molecule has 0 unspecified atom stereocenters. The Bertz CT molecular complexity index is 668. The van der Waals surface area contributed by atoms with Gasteiger partial charge in [-0.1, -0.05) is 17.3 Å². The van der Waals surface area contributed by atoms with Gasteiger partial charge in [-0.15, -0.1) is 0 Å². The minimum absolute atomic E-state index is 0.108. The van der Waals surface area contributed by atoms with E-state index in [0.29, 0.717) is 0 Å². The summed E-state index contributed by atoms with van der Waals surface area (Å²) in [4.78, 5) is 17.0. The molecule has 0 heterocycles. The first-order chi connectivity index (χ1) is 10.9. The van der Waals surface area contributed by atoms with Crippen LogP contribution in [-0.2, 0) is 14.9 Å². The van der Waals surface area contributed by atoms with Crippen LogP contribution in [0.5, 0.6) is 5.75 Å². The number of carbonyl (C=O) groups excluding carboxylic acids is 1. The Balaban J connectivity index is 2.33. The van der Waals surface area contributed by atoms with Crippen molar-refractivity contribution in [1.82, 2.24) is 9.79 Å². The van der Waals surface area contributed by atoms with Crippen LogP contribution in [0.25, 0.3) is 0 Å². The molecule has 2 rings (SSSR count). The number of nitrogens with one attached hydrogen (secondary N) is 1. The summed E-state index contributed by atoms with van der Waals surface area (Å²) in [6, 6.07) is 4.49. The number of methoxy groups -OCH3 is 1. The molecule has 128 valence electrons. The number of rotatable bonds is 6. The van der Waals surface area contributed by atoms with Crippen molar-refractivity contribution in [1.29, 1.82) is 0 Å². The average molecular weight is 342 g/mol. The predicted octanol–water partition coefficient (Wildman–Crippen LogP) is 1.55.